The van der Waals surface area contributed by atoms with Gasteiger partial charge in [0.05, 0.1) is 6.61 Å². The van der Waals surface area contributed by atoms with Crippen LogP contribution >= 0.6 is 11.3 Å². The van der Waals surface area contributed by atoms with E-state index in [0.717, 1.165) is 27.3 Å². The SMILES string of the molecule is CCOC(=O)c1c(N=Cc2ccc(NC(C)=O)cc2)sc(C)c1Cc1ccc2c(c1)OCO2. The minimum absolute atomic E-state index is 0.125. The molecule has 0 atom stereocenters. The summed E-state index contributed by atoms with van der Waals surface area (Å²) in [6, 6.07) is 13.1. The van der Waals surface area contributed by atoms with E-state index >= 15 is 0 Å². The minimum Gasteiger partial charge on any atom is -0.462 e. The van der Waals surface area contributed by atoms with Crippen LogP contribution in [0.25, 0.3) is 0 Å². The van der Waals surface area contributed by atoms with Gasteiger partial charge in [-0.25, -0.2) is 9.79 Å². The number of fused-ring (bicyclic) bond motifs is 1. The number of ether oxygens (including phenoxy) is 3. The second-order valence-corrected chi connectivity index (χ2v) is 8.67. The number of carbonyl (C=O) groups excluding carboxylic acids is 2. The second kappa shape index (κ2) is 9.87. The van der Waals surface area contributed by atoms with Gasteiger partial charge in [-0.15, -0.1) is 11.3 Å². The first-order valence-corrected chi connectivity index (χ1v) is 11.4. The van der Waals surface area contributed by atoms with Crippen molar-refractivity contribution in [2.24, 2.45) is 4.99 Å². The van der Waals surface area contributed by atoms with E-state index in [1.54, 1.807) is 25.3 Å². The zero-order valence-electron chi connectivity index (χ0n) is 18.6. The fraction of sp³-hybridized carbons (Fsp3) is 0.240. The maximum atomic E-state index is 12.9. The van der Waals surface area contributed by atoms with Crippen LogP contribution in [-0.4, -0.2) is 31.5 Å². The molecule has 2 aromatic carbocycles. The molecule has 1 aromatic heterocycles. The van der Waals surface area contributed by atoms with Gasteiger partial charge in [-0.2, -0.15) is 0 Å². The number of benzene rings is 2. The average Bonchev–Trinajstić information content (AvgIpc) is 3.37. The lowest BCUT2D eigenvalue weighted by Gasteiger charge is -2.08. The number of nitrogens with one attached hydrogen (secondary N) is 1. The molecule has 2 heterocycles. The Morgan fingerprint density at radius 2 is 1.91 bits per heavy atom. The van der Waals surface area contributed by atoms with Gasteiger partial charge >= 0.3 is 5.97 Å². The highest BCUT2D eigenvalue weighted by Gasteiger charge is 2.24. The van der Waals surface area contributed by atoms with Crippen molar-refractivity contribution in [2.75, 3.05) is 18.7 Å². The van der Waals surface area contributed by atoms with Crippen LogP contribution in [0.15, 0.2) is 47.5 Å². The Morgan fingerprint density at radius 1 is 1.15 bits per heavy atom. The van der Waals surface area contributed by atoms with Gasteiger partial charge < -0.3 is 19.5 Å². The van der Waals surface area contributed by atoms with E-state index in [0.29, 0.717) is 28.4 Å². The molecule has 0 unspecified atom stereocenters. The topological polar surface area (TPSA) is 86.2 Å². The summed E-state index contributed by atoms with van der Waals surface area (Å²) in [5, 5.41) is 3.34. The number of carbonyl (C=O) groups is 2. The molecule has 0 saturated heterocycles. The fourth-order valence-corrected chi connectivity index (χ4v) is 4.53. The van der Waals surface area contributed by atoms with Crippen LogP contribution in [0, 0.1) is 6.92 Å². The van der Waals surface area contributed by atoms with Crippen LogP contribution in [0.2, 0.25) is 0 Å². The first kappa shape index (κ1) is 22.5. The highest BCUT2D eigenvalue weighted by Crippen LogP contribution is 2.39. The van der Waals surface area contributed by atoms with Crippen LogP contribution in [0.3, 0.4) is 0 Å². The summed E-state index contributed by atoms with van der Waals surface area (Å²) in [6.45, 7) is 5.73. The molecule has 1 aliphatic rings. The van der Waals surface area contributed by atoms with Crippen molar-refractivity contribution in [3.05, 3.63) is 69.6 Å². The minimum atomic E-state index is -0.384. The molecule has 170 valence electrons. The smallest absolute Gasteiger partial charge is 0.341 e. The molecule has 0 bridgehead atoms. The Hall–Kier alpha value is -3.65. The van der Waals surface area contributed by atoms with Crippen molar-refractivity contribution in [3.8, 4) is 11.5 Å². The molecule has 0 fully saturated rings. The van der Waals surface area contributed by atoms with Crippen molar-refractivity contribution >= 4 is 40.1 Å². The predicted octanol–water partition coefficient (Wildman–Crippen LogP) is 5.26. The van der Waals surface area contributed by atoms with Gasteiger partial charge in [-0.3, -0.25) is 4.79 Å². The summed E-state index contributed by atoms with van der Waals surface area (Å²) >= 11 is 1.46. The molecule has 0 aliphatic carbocycles. The molecule has 1 N–H and O–H groups in total. The highest BCUT2D eigenvalue weighted by molar-refractivity contribution is 7.16. The van der Waals surface area contributed by atoms with E-state index in [9.17, 15) is 9.59 Å². The number of rotatable bonds is 7. The molecule has 3 aromatic rings. The third-order valence-corrected chi connectivity index (χ3v) is 6.11. The Kier molecular flexibility index (Phi) is 6.74. The molecule has 1 amide bonds. The first-order valence-electron chi connectivity index (χ1n) is 10.5. The maximum absolute atomic E-state index is 12.9. The standard InChI is InChI=1S/C25H24N2O5S/c1-4-30-25(29)23-20(11-18-7-10-21-22(12-18)32-14-31-21)15(2)33-24(23)26-13-17-5-8-19(9-6-17)27-16(3)28/h5-10,12-13H,4,11,14H2,1-3H3,(H,27,28). The largest absolute Gasteiger partial charge is 0.462 e. The van der Waals surface area contributed by atoms with Crippen molar-refractivity contribution in [1.82, 2.24) is 0 Å². The molecule has 7 nitrogen and oxygen atoms in total. The Labute approximate surface area is 196 Å². The fourth-order valence-electron chi connectivity index (χ4n) is 3.52. The van der Waals surface area contributed by atoms with Crippen molar-refractivity contribution in [3.63, 3.8) is 0 Å². The van der Waals surface area contributed by atoms with Crippen LogP contribution in [0.5, 0.6) is 11.5 Å². The second-order valence-electron chi connectivity index (χ2n) is 7.46. The molecular formula is C25H24N2O5S. The summed E-state index contributed by atoms with van der Waals surface area (Å²) in [7, 11) is 0. The Morgan fingerprint density at radius 3 is 2.64 bits per heavy atom. The molecule has 0 radical (unpaired) electrons. The Bertz CT molecular complexity index is 1210. The number of aryl methyl sites for hydroxylation is 1. The number of nitrogens with zero attached hydrogens (tertiary/aromatic N) is 1. The van der Waals surface area contributed by atoms with Crippen molar-refractivity contribution in [1.29, 1.82) is 0 Å². The lowest BCUT2D eigenvalue weighted by atomic mass is 10.0. The van der Waals surface area contributed by atoms with E-state index < -0.39 is 0 Å². The van der Waals surface area contributed by atoms with Gasteiger partial charge in [-0.1, -0.05) is 18.2 Å². The van der Waals surface area contributed by atoms with E-state index in [4.69, 9.17) is 14.2 Å². The summed E-state index contributed by atoms with van der Waals surface area (Å²) in [5.41, 5.74) is 3.95. The average molecular weight is 465 g/mol. The lowest BCUT2D eigenvalue weighted by Crippen LogP contribution is -2.07. The van der Waals surface area contributed by atoms with Gasteiger partial charge in [-0.05, 0) is 61.2 Å². The lowest BCUT2D eigenvalue weighted by molar-refractivity contribution is -0.114. The summed E-state index contributed by atoms with van der Waals surface area (Å²) in [5.74, 6) is 0.922. The highest BCUT2D eigenvalue weighted by atomic mass is 32.1. The number of anilines is 1. The zero-order chi connectivity index (χ0) is 23.4. The van der Waals surface area contributed by atoms with Gasteiger partial charge in [0.1, 0.15) is 10.6 Å². The molecular weight excluding hydrogens is 440 g/mol. The molecule has 0 saturated carbocycles. The molecule has 33 heavy (non-hydrogen) atoms. The number of amides is 1. The van der Waals surface area contributed by atoms with Gasteiger partial charge in [0, 0.05) is 23.7 Å². The maximum Gasteiger partial charge on any atom is 0.341 e. The van der Waals surface area contributed by atoms with E-state index in [2.05, 4.69) is 10.3 Å². The summed E-state index contributed by atoms with van der Waals surface area (Å²) in [4.78, 5) is 29.7. The quantitative estimate of drug-likeness (QED) is 0.381. The number of hydrogen-bond donors (Lipinski definition) is 1. The number of aliphatic imine (C=N–C) groups is 1. The van der Waals surface area contributed by atoms with E-state index in [1.807, 2.05) is 37.3 Å². The van der Waals surface area contributed by atoms with Gasteiger partial charge in [0.25, 0.3) is 0 Å². The van der Waals surface area contributed by atoms with Gasteiger partial charge in [0.15, 0.2) is 11.5 Å². The molecule has 0 spiro atoms. The molecule has 4 rings (SSSR count). The summed E-state index contributed by atoms with van der Waals surface area (Å²) in [6.07, 6.45) is 2.25. The zero-order valence-corrected chi connectivity index (χ0v) is 19.5. The third kappa shape index (κ3) is 5.23. The van der Waals surface area contributed by atoms with Crippen molar-refractivity contribution < 1.29 is 23.8 Å². The molecule has 8 heteroatoms. The predicted molar refractivity (Wildman–Crippen MR) is 128 cm³/mol. The van der Waals surface area contributed by atoms with Crippen LogP contribution in [-0.2, 0) is 16.0 Å². The normalized spacial score (nSPS) is 12.2. The van der Waals surface area contributed by atoms with Gasteiger partial charge in [0.2, 0.25) is 12.7 Å². The first-order chi connectivity index (χ1) is 15.9. The van der Waals surface area contributed by atoms with E-state index in [1.165, 1.54) is 18.3 Å². The summed E-state index contributed by atoms with van der Waals surface area (Å²) < 4.78 is 16.2. The van der Waals surface area contributed by atoms with Crippen LogP contribution < -0.4 is 14.8 Å². The number of hydrogen-bond acceptors (Lipinski definition) is 7. The Balaban J connectivity index is 1.63. The van der Waals surface area contributed by atoms with E-state index in [-0.39, 0.29) is 25.3 Å². The monoisotopic (exact) mass is 464 g/mol. The third-order valence-electron chi connectivity index (χ3n) is 5.05. The molecule has 1 aliphatic heterocycles. The number of esters is 1. The van der Waals surface area contributed by atoms with Crippen LogP contribution in [0.4, 0.5) is 10.7 Å². The number of thiophene rings is 1. The van der Waals surface area contributed by atoms with Crippen LogP contribution in [0.1, 0.15) is 45.8 Å². The van der Waals surface area contributed by atoms with Crippen molar-refractivity contribution in [2.45, 2.75) is 27.2 Å².